The van der Waals surface area contributed by atoms with Crippen molar-refractivity contribution in [3.8, 4) is 0 Å². The van der Waals surface area contributed by atoms with E-state index in [-0.39, 0.29) is 5.91 Å². The van der Waals surface area contributed by atoms with Gasteiger partial charge >= 0.3 is 0 Å². The number of benzene rings is 2. The van der Waals surface area contributed by atoms with Gasteiger partial charge in [0.05, 0.1) is 16.1 Å². The summed E-state index contributed by atoms with van der Waals surface area (Å²) in [4.78, 5) is 18.1. The summed E-state index contributed by atoms with van der Waals surface area (Å²) >= 11 is 1.44. The number of piperazine rings is 1. The van der Waals surface area contributed by atoms with Crippen LogP contribution in [-0.4, -0.2) is 59.1 Å². The van der Waals surface area contributed by atoms with Gasteiger partial charge in [0.2, 0.25) is 0 Å². The quantitative estimate of drug-likeness (QED) is 0.411. The molecule has 5 rings (SSSR count). The SMILES string of the molecule is Cc1c(NC(=O)c2cccs2)ccc2[nH]nc(C=Cc3cccc(CN4CCN(C)CC4)c3)c12. The summed E-state index contributed by atoms with van der Waals surface area (Å²) in [5.74, 6) is -0.0878. The zero-order valence-electron chi connectivity index (χ0n) is 19.5. The summed E-state index contributed by atoms with van der Waals surface area (Å²) in [5.41, 5.74) is 6.10. The molecule has 0 spiro atoms. The first-order chi connectivity index (χ1) is 16.6. The molecule has 0 aliphatic carbocycles. The Morgan fingerprint density at radius 3 is 2.76 bits per heavy atom. The Morgan fingerprint density at radius 2 is 1.97 bits per heavy atom. The van der Waals surface area contributed by atoms with Crippen molar-refractivity contribution < 1.29 is 4.79 Å². The van der Waals surface area contributed by atoms with Crippen LogP contribution >= 0.6 is 11.3 Å². The minimum Gasteiger partial charge on any atom is -0.321 e. The lowest BCUT2D eigenvalue weighted by Crippen LogP contribution is -2.43. The number of hydrogen-bond acceptors (Lipinski definition) is 5. The van der Waals surface area contributed by atoms with Crippen LogP contribution in [0.25, 0.3) is 23.1 Å². The Bertz CT molecular complexity index is 1320. The Hall–Kier alpha value is -3.26. The number of likely N-dealkylation sites (N-methyl/N-ethyl adjacent to an activating group) is 1. The molecule has 6 nitrogen and oxygen atoms in total. The lowest BCUT2D eigenvalue weighted by molar-refractivity contribution is 0.103. The fourth-order valence-electron chi connectivity index (χ4n) is 4.39. The number of nitrogens with zero attached hydrogens (tertiary/aromatic N) is 3. The van der Waals surface area contributed by atoms with Crippen LogP contribution < -0.4 is 5.32 Å². The van der Waals surface area contributed by atoms with E-state index in [9.17, 15) is 4.79 Å². The standard InChI is InChI=1S/C27H29N5OS/c1-19-22(28-27(33)25-7-4-16-34-25)10-11-24-26(19)23(29-30-24)9-8-20-5-3-6-21(17-20)18-32-14-12-31(2)13-15-32/h3-11,16-17H,12-15,18H2,1-2H3,(H,28,33)(H,29,30). The van der Waals surface area contributed by atoms with Gasteiger partial charge in [-0.2, -0.15) is 5.10 Å². The Morgan fingerprint density at radius 1 is 1.12 bits per heavy atom. The van der Waals surface area contributed by atoms with Gasteiger partial charge in [0, 0.05) is 43.8 Å². The third kappa shape index (κ3) is 4.97. The summed E-state index contributed by atoms with van der Waals surface area (Å²) in [6.45, 7) is 7.48. The van der Waals surface area contributed by atoms with Crippen molar-refractivity contribution in [3.63, 3.8) is 0 Å². The van der Waals surface area contributed by atoms with E-state index in [4.69, 9.17) is 0 Å². The number of aromatic nitrogens is 2. The second-order valence-electron chi connectivity index (χ2n) is 8.86. The average Bonchev–Trinajstić information content (AvgIpc) is 3.52. The lowest BCUT2D eigenvalue weighted by atomic mass is 10.0. The molecular weight excluding hydrogens is 442 g/mol. The molecule has 0 atom stereocenters. The minimum atomic E-state index is -0.0878. The highest BCUT2D eigenvalue weighted by Gasteiger charge is 2.15. The molecule has 7 heteroatoms. The van der Waals surface area contributed by atoms with Crippen molar-refractivity contribution in [2.75, 3.05) is 38.5 Å². The first-order valence-electron chi connectivity index (χ1n) is 11.6. The maximum Gasteiger partial charge on any atom is 0.265 e. The van der Waals surface area contributed by atoms with E-state index >= 15 is 0 Å². The number of hydrogen-bond donors (Lipinski definition) is 2. The number of aromatic amines is 1. The van der Waals surface area contributed by atoms with Crippen molar-refractivity contribution in [2.45, 2.75) is 13.5 Å². The number of H-pyrrole nitrogens is 1. The fraction of sp³-hybridized carbons (Fsp3) is 0.259. The zero-order chi connectivity index (χ0) is 23.5. The summed E-state index contributed by atoms with van der Waals surface area (Å²) < 4.78 is 0. The Balaban J connectivity index is 1.34. The van der Waals surface area contributed by atoms with Gasteiger partial charge in [-0.3, -0.25) is 14.8 Å². The topological polar surface area (TPSA) is 64.3 Å². The predicted octanol–water partition coefficient (Wildman–Crippen LogP) is 5.10. The molecule has 1 fully saturated rings. The average molecular weight is 472 g/mol. The predicted molar refractivity (Wildman–Crippen MR) is 141 cm³/mol. The molecule has 0 bridgehead atoms. The third-order valence-corrected chi connectivity index (χ3v) is 7.27. The van der Waals surface area contributed by atoms with Gasteiger partial charge in [0.1, 0.15) is 0 Å². The van der Waals surface area contributed by atoms with E-state index in [1.807, 2.05) is 42.6 Å². The number of carbonyl (C=O) groups is 1. The first-order valence-corrected chi connectivity index (χ1v) is 12.5. The number of aryl methyl sites for hydroxylation is 1. The number of fused-ring (bicyclic) bond motifs is 1. The van der Waals surface area contributed by atoms with E-state index in [2.05, 4.69) is 62.7 Å². The van der Waals surface area contributed by atoms with Crippen molar-refractivity contribution in [1.29, 1.82) is 0 Å². The van der Waals surface area contributed by atoms with Crippen molar-refractivity contribution in [2.24, 2.45) is 0 Å². The number of carbonyl (C=O) groups excluding carboxylic acids is 1. The van der Waals surface area contributed by atoms with Gasteiger partial charge in [-0.15, -0.1) is 11.3 Å². The van der Waals surface area contributed by atoms with Crippen LogP contribution in [0.5, 0.6) is 0 Å². The first kappa shape index (κ1) is 22.5. The zero-order valence-corrected chi connectivity index (χ0v) is 20.4. The highest BCUT2D eigenvalue weighted by atomic mass is 32.1. The maximum absolute atomic E-state index is 12.5. The smallest absolute Gasteiger partial charge is 0.265 e. The van der Waals surface area contributed by atoms with Crippen LogP contribution in [0.4, 0.5) is 5.69 Å². The van der Waals surface area contributed by atoms with Crippen molar-refractivity contribution in [1.82, 2.24) is 20.0 Å². The van der Waals surface area contributed by atoms with Crippen molar-refractivity contribution in [3.05, 3.63) is 81.2 Å². The van der Waals surface area contributed by atoms with Crippen molar-refractivity contribution >= 4 is 46.0 Å². The number of rotatable bonds is 6. The van der Waals surface area contributed by atoms with Gasteiger partial charge in [-0.05, 0) is 60.3 Å². The van der Waals surface area contributed by atoms with E-state index in [0.29, 0.717) is 4.88 Å². The molecule has 1 aliphatic rings. The molecule has 0 unspecified atom stereocenters. The summed E-state index contributed by atoms with van der Waals surface area (Å²) in [6.07, 6.45) is 4.16. The second kappa shape index (κ2) is 9.93. The molecule has 174 valence electrons. The summed E-state index contributed by atoms with van der Waals surface area (Å²) in [5, 5.41) is 13.6. The summed E-state index contributed by atoms with van der Waals surface area (Å²) in [7, 11) is 2.18. The van der Waals surface area contributed by atoms with Gasteiger partial charge in [0.15, 0.2) is 0 Å². The molecule has 0 radical (unpaired) electrons. The lowest BCUT2D eigenvalue weighted by Gasteiger charge is -2.32. The largest absolute Gasteiger partial charge is 0.321 e. The van der Waals surface area contributed by atoms with E-state index in [0.717, 1.165) is 66.1 Å². The number of amides is 1. The fourth-order valence-corrected chi connectivity index (χ4v) is 5.01. The second-order valence-corrected chi connectivity index (χ2v) is 9.81. The van der Waals surface area contributed by atoms with Crippen LogP contribution in [0, 0.1) is 6.92 Å². The molecule has 1 aliphatic heterocycles. The molecular formula is C27H29N5OS. The van der Waals surface area contributed by atoms with Crippen LogP contribution in [0.3, 0.4) is 0 Å². The molecule has 2 aromatic heterocycles. The number of nitrogens with one attached hydrogen (secondary N) is 2. The number of anilines is 1. The summed E-state index contributed by atoms with van der Waals surface area (Å²) in [6, 6.07) is 16.3. The molecule has 1 amide bonds. The van der Waals surface area contributed by atoms with E-state index in [1.165, 1.54) is 16.9 Å². The van der Waals surface area contributed by atoms with Crippen LogP contribution in [0.2, 0.25) is 0 Å². The number of thiophene rings is 1. The van der Waals surface area contributed by atoms with Gasteiger partial charge < -0.3 is 10.2 Å². The normalized spacial score (nSPS) is 15.4. The highest BCUT2D eigenvalue weighted by Crippen LogP contribution is 2.28. The maximum atomic E-state index is 12.5. The van der Waals surface area contributed by atoms with Gasteiger partial charge in [-0.25, -0.2) is 0 Å². The van der Waals surface area contributed by atoms with E-state index < -0.39 is 0 Å². The molecule has 4 aromatic rings. The highest BCUT2D eigenvalue weighted by molar-refractivity contribution is 7.12. The Labute approximate surface area is 203 Å². The Kier molecular flexibility index (Phi) is 6.58. The monoisotopic (exact) mass is 471 g/mol. The van der Waals surface area contributed by atoms with Crippen LogP contribution in [0.1, 0.15) is 32.1 Å². The van der Waals surface area contributed by atoms with Gasteiger partial charge in [-0.1, -0.05) is 36.4 Å². The van der Waals surface area contributed by atoms with Gasteiger partial charge in [0.25, 0.3) is 5.91 Å². The van der Waals surface area contributed by atoms with E-state index in [1.54, 1.807) is 0 Å². The molecule has 0 saturated carbocycles. The molecule has 3 heterocycles. The molecule has 34 heavy (non-hydrogen) atoms. The van der Waals surface area contributed by atoms with Crippen LogP contribution in [0.15, 0.2) is 53.9 Å². The molecule has 1 saturated heterocycles. The molecule has 2 N–H and O–H groups in total. The molecule has 2 aromatic carbocycles. The van der Waals surface area contributed by atoms with Crippen LogP contribution in [-0.2, 0) is 6.54 Å². The third-order valence-electron chi connectivity index (χ3n) is 6.40. The minimum absolute atomic E-state index is 0.0878.